The standard InChI is InChI=1S/C30H43N5O4/c1-20-6-4-7-22(16-20)26-9-5-8-24(39-26)17-31-29-21(2)28(32-19-33-29)30(36)35-13-10-23(11-14-35)34-25-12-15-38-18-27(25)37-3/h4,6-7,16,19,23-27,34H,5,8-15,17-18H2,1-3H3,(H,31,32,33)/t24-,25-,26+,27+/m0/s1. The van der Waals surface area contributed by atoms with Gasteiger partial charge in [-0.05, 0) is 57.9 Å². The minimum atomic E-state index is -0.0225. The normalized spacial score (nSPS) is 26.4. The molecule has 2 N–H and O–H groups in total. The average Bonchev–Trinajstić information content (AvgIpc) is 2.97. The van der Waals surface area contributed by atoms with Crippen LogP contribution in [0.25, 0.3) is 0 Å². The average molecular weight is 538 g/mol. The lowest BCUT2D eigenvalue weighted by Crippen LogP contribution is -2.54. The first-order valence-corrected chi connectivity index (χ1v) is 14.4. The van der Waals surface area contributed by atoms with Gasteiger partial charge in [0.2, 0.25) is 0 Å². The van der Waals surface area contributed by atoms with Gasteiger partial charge in [-0.3, -0.25) is 4.79 Å². The van der Waals surface area contributed by atoms with Crippen LogP contribution in [0.15, 0.2) is 30.6 Å². The third-order valence-electron chi connectivity index (χ3n) is 8.39. The van der Waals surface area contributed by atoms with Crippen molar-refractivity contribution in [2.24, 2.45) is 0 Å². The van der Waals surface area contributed by atoms with Gasteiger partial charge in [0.1, 0.15) is 17.8 Å². The highest BCUT2D eigenvalue weighted by Gasteiger charge is 2.31. The summed E-state index contributed by atoms with van der Waals surface area (Å²) in [6, 6.07) is 9.26. The van der Waals surface area contributed by atoms with E-state index in [1.807, 2.05) is 11.8 Å². The first kappa shape index (κ1) is 28.0. The summed E-state index contributed by atoms with van der Waals surface area (Å²) in [5.74, 6) is 0.682. The number of benzene rings is 1. The number of ether oxygens (including phenoxy) is 3. The van der Waals surface area contributed by atoms with E-state index < -0.39 is 0 Å². The molecule has 39 heavy (non-hydrogen) atoms. The van der Waals surface area contributed by atoms with Crippen LogP contribution in [0.4, 0.5) is 5.82 Å². The lowest BCUT2D eigenvalue weighted by molar-refractivity contribution is -0.0533. The van der Waals surface area contributed by atoms with Crippen molar-refractivity contribution in [3.05, 3.63) is 53.0 Å². The zero-order chi connectivity index (χ0) is 27.2. The molecule has 0 bridgehead atoms. The molecule has 5 rings (SSSR count). The molecule has 0 aliphatic carbocycles. The van der Waals surface area contributed by atoms with Gasteiger partial charge in [0.25, 0.3) is 5.91 Å². The smallest absolute Gasteiger partial charge is 0.272 e. The Kier molecular flexibility index (Phi) is 9.45. The molecular formula is C30H43N5O4. The van der Waals surface area contributed by atoms with Crippen molar-refractivity contribution in [3.8, 4) is 0 Å². The molecule has 3 fully saturated rings. The number of carbonyl (C=O) groups excluding carboxylic acids is 1. The summed E-state index contributed by atoms with van der Waals surface area (Å²) >= 11 is 0. The van der Waals surface area contributed by atoms with Crippen LogP contribution in [-0.4, -0.2) is 85.0 Å². The summed E-state index contributed by atoms with van der Waals surface area (Å²) in [7, 11) is 1.74. The molecule has 3 aliphatic heterocycles. The molecular weight excluding hydrogens is 494 g/mol. The Morgan fingerprint density at radius 3 is 2.77 bits per heavy atom. The van der Waals surface area contributed by atoms with E-state index in [4.69, 9.17) is 14.2 Å². The molecule has 4 heterocycles. The number of nitrogens with zero attached hydrogens (tertiary/aromatic N) is 3. The van der Waals surface area contributed by atoms with Gasteiger partial charge in [-0.15, -0.1) is 0 Å². The summed E-state index contributed by atoms with van der Waals surface area (Å²) < 4.78 is 17.6. The summed E-state index contributed by atoms with van der Waals surface area (Å²) in [6.07, 6.45) is 7.74. The monoisotopic (exact) mass is 537 g/mol. The van der Waals surface area contributed by atoms with Crippen LogP contribution in [-0.2, 0) is 14.2 Å². The number of hydrogen-bond acceptors (Lipinski definition) is 8. The first-order valence-electron chi connectivity index (χ1n) is 14.4. The third kappa shape index (κ3) is 6.95. The predicted molar refractivity (Wildman–Crippen MR) is 150 cm³/mol. The van der Waals surface area contributed by atoms with Crippen molar-refractivity contribution in [1.29, 1.82) is 0 Å². The second-order valence-corrected chi connectivity index (χ2v) is 11.1. The van der Waals surface area contributed by atoms with Crippen molar-refractivity contribution in [3.63, 3.8) is 0 Å². The van der Waals surface area contributed by atoms with Crippen LogP contribution in [0.3, 0.4) is 0 Å². The fourth-order valence-corrected chi connectivity index (χ4v) is 6.06. The summed E-state index contributed by atoms with van der Waals surface area (Å²) in [5, 5.41) is 7.20. The minimum absolute atomic E-state index is 0.0225. The maximum Gasteiger partial charge on any atom is 0.272 e. The lowest BCUT2D eigenvalue weighted by atomic mass is 9.97. The fourth-order valence-electron chi connectivity index (χ4n) is 6.06. The molecule has 1 aromatic carbocycles. The van der Waals surface area contributed by atoms with Crippen LogP contribution < -0.4 is 10.6 Å². The third-order valence-corrected chi connectivity index (χ3v) is 8.39. The molecule has 4 atom stereocenters. The van der Waals surface area contributed by atoms with Crippen LogP contribution in [0.1, 0.15) is 71.8 Å². The van der Waals surface area contributed by atoms with Gasteiger partial charge < -0.3 is 29.7 Å². The van der Waals surface area contributed by atoms with Crippen LogP contribution in [0.2, 0.25) is 0 Å². The number of likely N-dealkylation sites (tertiary alicyclic amines) is 1. The number of hydrogen-bond donors (Lipinski definition) is 2. The molecule has 0 radical (unpaired) electrons. The van der Waals surface area contributed by atoms with Crippen molar-refractivity contribution >= 4 is 11.7 Å². The highest BCUT2D eigenvalue weighted by molar-refractivity contribution is 5.94. The molecule has 9 heteroatoms. The van der Waals surface area contributed by atoms with Gasteiger partial charge in [-0.25, -0.2) is 9.97 Å². The SMILES string of the molecule is CO[C@@H]1COCC[C@@H]1NC1CCN(C(=O)c2ncnc(NC[C@@H]3CCC[C@H](c4cccc(C)c4)O3)c2C)CC1. The molecule has 212 valence electrons. The molecule has 0 unspecified atom stereocenters. The number of rotatable bonds is 8. The second-order valence-electron chi connectivity index (χ2n) is 11.1. The van der Waals surface area contributed by atoms with Crippen LogP contribution >= 0.6 is 0 Å². The molecule has 1 amide bonds. The fraction of sp³-hybridized carbons (Fsp3) is 0.633. The molecule has 3 aliphatic rings. The van der Waals surface area contributed by atoms with Crippen molar-refractivity contribution in [2.45, 2.75) is 82.8 Å². The van der Waals surface area contributed by atoms with Gasteiger partial charge in [0.15, 0.2) is 0 Å². The van der Waals surface area contributed by atoms with E-state index >= 15 is 0 Å². The largest absolute Gasteiger partial charge is 0.379 e. The molecule has 3 saturated heterocycles. The molecule has 2 aromatic rings. The van der Waals surface area contributed by atoms with Crippen molar-refractivity contribution < 1.29 is 19.0 Å². The minimum Gasteiger partial charge on any atom is -0.379 e. The topological polar surface area (TPSA) is 97.8 Å². The number of anilines is 1. The maximum absolute atomic E-state index is 13.4. The number of carbonyl (C=O) groups is 1. The summed E-state index contributed by atoms with van der Waals surface area (Å²) in [6.45, 7) is 7.51. The van der Waals surface area contributed by atoms with E-state index in [0.717, 1.165) is 50.7 Å². The van der Waals surface area contributed by atoms with Crippen molar-refractivity contribution in [1.82, 2.24) is 20.2 Å². The zero-order valence-corrected chi connectivity index (χ0v) is 23.5. The Morgan fingerprint density at radius 1 is 1.13 bits per heavy atom. The number of aromatic nitrogens is 2. The summed E-state index contributed by atoms with van der Waals surface area (Å²) in [5.41, 5.74) is 3.77. The number of piperidine rings is 1. The Morgan fingerprint density at radius 2 is 1.97 bits per heavy atom. The number of amides is 1. The Bertz CT molecular complexity index is 1110. The highest BCUT2D eigenvalue weighted by Crippen LogP contribution is 2.32. The van der Waals surface area contributed by atoms with E-state index in [9.17, 15) is 4.79 Å². The molecule has 9 nitrogen and oxygen atoms in total. The zero-order valence-electron chi connectivity index (χ0n) is 23.5. The number of methoxy groups -OCH3 is 1. The quantitative estimate of drug-likeness (QED) is 0.525. The molecule has 1 aromatic heterocycles. The second kappa shape index (κ2) is 13.2. The molecule has 0 saturated carbocycles. The predicted octanol–water partition coefficient (Wildman–Crippen LogP) is 3.81. The number of nitrogens with one attached hydrogen (secondary N) is 2. The number of aryl methyl sites for hydroxylation is 1. The van der Waals surface area contributed by atoms with E-state index in [1.54, 1.807) is 7.11 Å². The van der Waals surface area contributed by atoms with E-state index in [-0.39, 0.29) is 24.2 Å². The lowest BCUT2D eigenvalue weighted by Gasteiger charge is -2.38. The van der Waals surface area contributed by atoms with E-state index in [1.165, 1.54) is 17.5 Å². The van der Waals surface area contributed by atoms with E-state index in [2.05, 4.69) is 51.8 Å². The Labute approximate surface area is 232 Å². The van der Waals surface area contributed by atoms with Gasteiger partial charge >= 0.3 is 0 Å². The van der Waals surface area contributed by atoms with Gasteiger partial charge in [0.05, 0.1) is 24.9 Å². The van der Waals surface area contributed by atoms with Crippen LogP contribution in [0.5, 0.6) is 0 Å². The van der Waals surface area contributed by atoms with E-state index in [0.29, 0.717) is 49.8 Å². The van der Waals surface area contributed by atoms with Gasteiger partial charge in [-0.2, -0.15) is 0 Å². The maximum atomic E-state index is 13.4. The Balaban J connectivity index is 1.14. The summed E-state index contributed by atoms with van der Waals surface area (Å²) in [4.78, 5) is 24.2. The first-order chi connectivity index (χ1) is 19.0. The molecule has 0 spiro atoms. The van der Waals surface area contributed by atoms with Crippen molar-refractivity contribution in [2.75, 3.05) is 45.3 Å². The van der Waals surface area contributed by atoms with Crippen LogP contribution in [0, 0.1) is 13.8 Å². The highest BCUT2D eigenvalue weighted by atomic mass is 16.5. The Hall–Kier alpha value is -2.59. The van der Waals surface area contributed by atoms with Gasteiger partial charge in [0, 0.05) is 51.0 Å². The van der Waals surface area contributed by atoms with Gasteiger partial charge in [-0.1, -0.05) is 29.8 Å².